The van der Waals surface area contributed by atoms with Gasteiger partial charge in [0.1, 0.15) is 78.3 Å². The summed E-state index contributed by atoms with van der Waals surface area (Å²) in [5, 5.41) is 60.7. The molecule has 3 rings (SSSR count). The molecule has 1 aromatic heterocycles. The van der Waals surface area contributed by atoms with Crippen molar-refractivity contribution in [3.05, 3.63) is 83.9 Å². The Hall–Kier alpha value is -10.6. The molecule has 14 atom stereocenters. The summed E-state index contributed by atoms with van der Waals surface area (Å²) in [6, 6.07) is -4.42. The molecule has 35 nitrogen and oxygen atoms in total. The fraction of sp³-hybridized carbons (Fsp3) is 0.571. The zero-order valence-electron chi connectivity index (χ0n) is 61.5. The Kier molecular flexibility index (Phi) is 36.7. The number of aliphatic hydroxyl groups is 1. The number of hydrogen-bond acceptors (Lipinski definition) is 19. The van der Waals surface area contributed by atoms with Gasteiger partial charge in [-0.25, -0.2) is 9.78 Å². The third-order valence-electron chi connectivity index (χ3n) is 16.4. The van der Waals surface area contributed by atoms with Gasteiger partial charge in [-0.15, -0.1) is 0 Å². The molecular weight excluding hydrogens is 1370 g/mol. The number of phenolic OH excluding ortho intramolecular Hbond substituents is 1. The average molecular weight is 1470 g/mol. The number of carboxylic acids is 1. The first kappa shape index (κ1) is 88.6. The van der Waals surface area contributed by atoms with Crippen LogP contribution in [-0.4, -0.2) is 199 Å². The monoisotopic (exact) mass is 1470 g/mol. The van der Waals surface area contributed by atoms with Gasteiger partial charge in [0, 0.05) is 44.0 Å². The maximum Gasteiger partial charge on any atom is 0.326 e. The topological polar surface area (TPSA) is 568 Å². The number of nitrogens with two attached hydrogens (primary N) is 3. The van der Waals surface area contributed by atoms with Gasteiger partial charge in [-0.3, -0.25) is 67.1 Å². The van der Waals surface area contributed by atoms with Crippen molar-refractivity contribution >= 4 is 88.7 Å². The van der Waals surface area contributed by atoms with Crippen molar-refractivity contribution in [2.75, 3.05) is 0 Å². The van der Waals surface area contributed by atoms with Crippen LogP contribution in [0.2, 0.25) is 0 Å². The molecule has 0 aliphatic rings. The zero-order chi connectivity index (χ0) is 79.1. The number of nitrogens with one attached hydrogen (secondary N) is 13. The van der Waals surface area contributed by atoms with Crippen LogP contribution in [0.5, 0.6) is 5.75 Å². The van der Waals surface area contributed by atoms with E-state index < -0.39 is 186 Å². The first-order valence-electron chi connectivity index (χ1n) is 34.8. The summed E-state index contributed by atoms with van der Waals surface area (Å²) in [7, 11) is 0. The van der Waals surface area contributed by atoms with Crippen molar-refractivity contribution < 1.29 is 87.2 Å². The van der Waals surface area contributed by atoms with Crippen LogP contribution in [0, 0.1) is 23.7 Å². The predicted molar refractivity (Wildman–Crippen MR) is 382 cm³/mol. The van der Waals surface area contributed by atoms with Crippen molar-refractivity contribution in [2.45, 2.75) is 232 Å². The number of carboxylic acid groups (broad SMARTS) is 1. The minimum absolute atomic E-state index is 0.0187. The van der Waals surface area contributed by atoms with Gasteiger partial charge in [-0.2, -0.15) is 0 Å². The number of rotatable bonds is 45. The normalized spacial score (nSPS) is 15.3. The minimum Gasteiger partial charge on any atom is -0.508 e. The molecule has 1 heterocycles. The summed E-state index contributed by atoms with van der Waals surface area (Å²) in [6.45, 7) is 18.8. The lowest BCUT2D eigenvalue weighted by Gasteiger charge is -2.30. The lowest BCUT2D eigenvalue weighted by molar-refractivity contribution is -0.142. The van der Waals surface area contributed by atoms with E-state index >= 15 is 0 Å². The van der Waals surface area contributed by atoms with Crippen LogP contribution < -0.4 is 81.0 Å². The zero-order valence-corrected chi connectivity index (χ0v) is 61.5. The number of carbonyl (C=O) groups is 15. The quantitative estimate of drug-likeness (QED) is 0.0271. The third-order valence-corrected chi connectivity index (χ3v) is 16.4. The maximum absolute atomic E-state index is 14.4. The van der Waals surface area contributed by atoms with Crippen LogP contribution in [0.1, 0.15) is 145 Å². The second-order valence-electron chi connectivity index (χ2n) is 27.8. The number of phenols is 1. The average Bonchev–Trinajstić information content (AvgIpc) is 1.62. The number of aliphatic carboxylic acids is 1. The van der Waals surface area contributed by atoms with E-state index in [1.54, 1.807) is 85.7 Å². The van der Waals surface area contributed by atoms with Gasteiger partial charge in [0.15, 0.2) is 0 Å². The lowest BCUT2D eigenvalue weighted by Crippen LogP contribution is -2.61. The Balaban J connectivity index is 1.78. The molecular formula is C70H107N17O18. The molecule has 0 bridgehead atoms. The SMILES string of the molecule is CC(C)C[C@H](NC(=O)[C@H](CC(C)C)NC(=O)[C@H](CC(C)C)NC(=O)[C@@H](NC(=O)[C@@H](N)Cc1cnc[nH]1)[C@@H](C)O)C(=O)N[C@@H](CCC(N)=O)C(=O)N[C@H](C(=O)N[C@@H](C)C(=O)N[C@@H](C)C(=O)N[C@@H](Cc1ccccc1)C(=O)N[C@@H](C)C(=O)N[C@@H](Cc1ccc(O)cc1)C(=O)N[C@@H](CCC(N)=O)C(=O)O)C(C)C. The number of nitrogens with zero attached hydrogens (tertiary/aromatic N) is 1. The smallest absolute Gasteiger partial charge is 0.326 e. The summed E-state index contributed by atoms with van der Waals surface area (Å²) >= 11 is 0. The predicted octanol–water partition coefficient (Wildman–Crippen LogP) is -2.86. The second kappa shape index (κ2) is 43.5. The Morgan fingerprint density at radius 2 is 0.762 bits per heavy atom. The van der Waals surface area contributed by atoms with Gasteiger partial charge in [-0.1, -0.05) is 97.9 Å². The van der Waals surface area contributed by atoms with Crippen LogP contribution in [0.25, 0.3) is 0 Å². The molecule has 0 spiro atoms. The lowest BCUT2D eigenvalue weighted by atomic mass is 9.98. The molecule has 0 saturated heterocycles. The second-order valence-corrected chi connectivity index (χ2v) is 27.8. The number of primary amides is 2. The molecule has 22 N–H and O–H groups in total. The molecule has 0 aliphatic heterocycles. The highest BCUT2D eigenvalue weighted by Gasteiger charge is 2.38. The summed E-state index contributed by atoms with van der Waals surface area (Å²) < 4.78 is 0. The molecule has 0 unspecified atom stereocenters. The van der Waals surface area contributed by atoms with Gasteiger partial charge >= 0.3 is 5.97 Å². The molecule has 0 fully saturated rings. The van der Waals surface area contributed by atoms with Gasteiger partial charge in [0.25, 0.3) is 0 Å². The third kappa shape index (κ3) is 31.9. The van der Waals surface area contributed by atoms with E-state index in [9.17, 15) is 87.2 Å². The van der Waals surface area contributed by atoms with Crippen molar-refractivity contribution in [3.8, 4) is 5.75 Å². The van der Waals surface area contributed by atoms with Crippen LogP contribution >= 0.6 is 0 Å². The van der Waals surface area contributed by atoms with Gasteiger partial charge in [0.05, 0.1) is 18.5 Å². The van der Waals surface area contributed by atoms with Gasteiger partial charge in [-0.05, 0) is 107 Å². The Morgan fingerprint density at radius 3 is 1.18 bits per heavy atom. The molecule has 0 saturated carbocycles. The Morgan fingerprint density at radius 1 is 0.410 bits per heavy atom. The van der Waals surface area contributed by atoms with Crippen molar-refractivity contribution in [2.24, 2.45) is 40.9 Å². The van der Waals surface area contributed by atoms with Crippen LogP contribution in [0.4, 0.5) is 0 Å². The number of aromatic amines is 1. The highest BCUT2D eigenvalue weighted by atomic mass is 16.4. The first-order valence-corrected chi connectivity index (χ1v) is 34.8. The number of benzene rings is 2. The molecule has 2 aromatic carbocycles. The molecule has 3 aromatic rings. The molecule has 580 valence electrons. The fourth-order valence-corrected chi connectivity index (χ4v) is 10.6. The maximum atomic E-state index is 14.4. The van der Waals surface area contributed by atoms with Crippen molar-refractivity contribution in [3.63, 3.8) is 0 Å². The highest BCUT2D eigenvalue weighted by molar-refractivity contribution is 6.00. The first-order chi connectivity index (χ1) is 49.1. The van der Waals surface area contributed by atoms with Crippen molar-refractivity contribution in [1.29, 1.82) is 0 Å². The van der Waals surface area contributed by atoms with Crippen LogP contribution in [0.15, 0.2) is 67.1 Å². The summed E-state index contributed by atoms with van der Waals surface area (Å²) in [6.07, 6.45) is -0.456. The Bertz CT molecular complexity index is 3450. The number of amides is 14. The number of carbonyl (C=O) groups excluding carboxylic acids is 14. The van der Waals surface area contributed by atoms with Crippen molar-refractivity contribution in [1.82, 2.24) is 73.8 Å². The van der Waals surface area contributed by atoms with E-state index in [2.05, 4.69) is 73.8 Å². The van der Waals surface area contributed by atoms with E-state index in [1.807, 2.05) is 0 Å². The van der Waals surface area contributed by atoms with E-state index in [1.165, 1.54) is 64.5 Å². The number of aliphatic hydroxyl groups excluding tert-OH is 1. The largest absolute Gasteiger partial charge is 0.508 e. The number of imidazole rings is 1. The standard InChI is InChI=1S/C70H107N17O18/c1-34(2)26-49(83-65(99)50(27-35(3)4)84-66(100)51(28-36(5)6)85-69(103)57(41(12)88)87-61(95)46(71)31-44-32-74-33-75-44)64(98)79-47(22-24-54(72)90)62(96)86-56(37(7)8)68(102)78-38(9)58(92)76-39(10)59(93)81-52(29-42-16-14-13-15-17-42)63(97)77-40(11)60(94)82-53(30-43-18-20-45(89)21-19-43)67(101)80-48(70(104)105)23-25-55(73)91/h13-21,32-41,46-53,56-57,88-89H,22-31,71H2,1-12H3,(H2,72,90)(H2,73,91)(H,74,75)(H,76,92)(H,77,97)(H,78,102)(H,79,98)(H,80,101)(H,81,93)(H,82,94)(H,83,99)(H,84,100)(H,85,103)(H,86,96)(H,87,95)(H,104,105)/t38-,39-,40-,41+,46-,47-,48-,49-,50-,51-,52-,53-,56-,57-/m0/s1. The van der Waals surface area contributed by atoms with Crippen LogP contribution in [-0.2, 0) is 91.2 Å². The number of aromatic nitrogens is 2. The Labute approximate surface area is 609 Å². The molecule has 35 heteroatoms. The van der Waals surface area contributed by atoms with E-state index in [4.69, 9.17) is 17.2 Å². The molecule has 14 amide bonds. The fourth-order valence-electron chi connectivity index (χ4n) is 10.6. The molecule has 0 aliphatic carbocycles. The van der Waals surface area contributed by atoms with Gasteiger partial charge in [0.2, 0.25) is 82.7 Å². The molecule has 105 heavy (non-hydrogen) atoms. The summed E-state index contributed by atoms with van der Waals surface area (Å²) in [4.78, 5) is 210. The van der Waals surface area contributed by atoms with E-state index in [0.29, 0.717) is 16.8 Å². The molecule has 0 radical (unpaired) electrons. The number of aromatic hydroxyl groups is 1. The van der Waals surface area contributed by atoms with E-state index in [-0.39, 0.29) is 81.3 Å². The summed E-state index contributed by atoms with van der Waals surface area (Å²) in [5.74, 6) is -15.4. The summed E-state index contributed by atoms with van der Waals surface area (Å²) in [5.41, 5.74) is 18.3. The number of H-pyrrole nitrogens is 1. The highest BCUT2D eigenvalue weighted by Crippen LogP contribution is 2.16. The van der Waals surface area contributed by atoms with Gasteiger partial charge < -0.3 is 101 Å². The number of hydrogen-bond donors (Lipinski definition) is 19. The minimum atomic E-state index is -1.58. The van der Waals surface area contributed by atoms with Crippen LogP contribution in [0.3, 0.4) is 0 Å². The van der Waals surface area contributed by atoms with E-state index in [0.717, 1.165) is 0 Å².